The highest BCUT2D eigenvalue weighted by Gasteiger charge is 2.22. The van der Waals surface area contributed by atoms with Crippen molar-refractivity contribution in [2.75, 3.05) is 31.7 Å². The molecule has 0 fully saturated rings. The number of nitrogens with zero attached hydrogens (tertiary/aromatic N) is 2. The number of carboxylic acid groups (broad SMARTS) is 1. The Hall–Kier alpha value is -2.70. The van der Waals surface area contributed by atoms with Gasteiger partial charge in [-0.1, -0.05) is 43.0 Å². The van der Waals surface area contributed by atoms with Crippen LogP contribution in [0.1, 0.15) is 64.7 Å². The first kappa shape index (κ1) is 24.9. The van der Waals surface area contributed by atoms with Gasteiger partial charge < -0.3 is 14.7 Å². The van der Waals surface area contributed by atoms with E-state index in [9.17, 15) is 14.7 Å². The monoisotopic (exact) mass is 452 g/mol. The van der Waals surface area contributed by atoms with Gasteiger partial charge >= 0.3 is 5.97 Å². The van der Waals surface area contributed by atoms with E-state index in [1.165, 1.54) is 23.8 Å². The molecule has 1 heterocycles. The predicted octanol–water partition coefficient (Wildman–Crippen LogP) is 4.95. The molecule has 3 rings (SSSR count). The molecule has 0 aromatic heterocycles. The van der Waals surface area contributed by atoms with Crippen LogP contribution >= 0.6 is 0 Å². The lowest BCUT2D eigenvalue weighted by atomic mass is 10.0. The van der Waals surface area contributed by atoms with Crippen LogP contribution in [-0.4, -0.2) is 48.7 Å². The van der Waals surface area contributed by atoms with E-state index in [4.69, 9.17) is 4.74 Å². The van der Waals surface area contributed by atoms with E-state index in [-0.39, 0.29) is 18.1 Å². The molecule has 1 aliphatic heterocycles. The van der Waals surface area contributed by atoms with Gasteiger partial charge in [0.05, 0.1) is 5.56 Å². The van der Waals surface area contributed by atoms with Crippen LogP contribution in [0.4, 0.5) is 5.69 Å². The highest BCUT2D eigenvalue weighted by Crippen LogP contribution is 2.27. The minimum absolute atomic E-state index is 0.00635. The third-order valence-electron chi connectivity index (χ3n) is 6.33. The number of fused-ring (bicyclic) bond motifs is 1. The first-order chi connectivity index (χ1) is 15.9. The predicted molar refractivity (Wildman–Crippen MR) is 131 cm³/mol. The second-order valence-electron chi connectivity index (χ2n) is 9.04. The zero-order chi connectivity index (χ0) is 23.8. The number of carboxylic acids is 1. The zero-order valence-electron chi connectivity index (χ0n) is 20.1. The number of carbonyl (C=O) groups excluding carboxylic acids is 1. The Bertz CT molecular complexity index is 973. The molecule has 2 aromatic rings. The van der Waals surface area contributed by atoms with Crippen LogP contribution in [0.2, 0.25) is 0 Å². The molecule has 0 saturated carbocycles. The normalized spacial score (nSPS) is 15.9. The molecule has 0 spiro atoms. The number of carbonyl (C=O) groups is 2. The summed E-state index contributed by atoms with van der Waals surface area (Å²) in [6, 6.07) is 11.6. The topological polar surface area (TPSA) is 70.1 Å². The Morgan fingerprint density at radius 3 is 2.39 bits per heavy atom. The molecular weight excluding hydrogens is 416 g/mol. The van der Waals surface area contributed by atoms with Gasteiger partial charge in [-0.05, 0) is 68.1 Å². The zero-order valence-corrected chi connectivity index (χ0v) is 20.1. The molecule has 0 saturated heterocycles. The summed E-state index contributed by atoms with van der Waals surface area (Å²) in [6.07, 6.45) is 5.38. The number of amides is 1. The van der Waals surface area contributed by atoms with Gasteiger partial charge in [-0.15, -0.1) is 0 Å². The second kappa shape index (κ2) is 12.0. The molecule has 2 aromatic carbocycles. The van der Waals surface area contributed by atoms with E-state index in [2.05, 4.69) is 36.9 Å². The Morgan fingerprint density at radius 2 is 1.70 bits per heavy atom. The maximum Gasteiger partial charge on any atom is 0.335 e. The van der Waals surface area contributed by atoms with Crippen LogP contribution in [0.3, 0.4) is 0 Å². The molecule has 1 N–H and O–H groups in total. The van der Waals surface area contributed by atoms with Gasteiger partial charge in [-0.25, -0.2) is 4.79 Å². The molecule has 178 valence electrons. The van der Waals surface area contributed by atoms with Crippen molar-refractivity contribution in [3.8, 4) is 0 Å². The number of hydrogen-bond donors (Lipinski definition) is 1. The van der Waals surface area contributed by atoms with E-state index in [0.717, 1.165) is 56.4 Å². The summed E-state index contributed by atoms with van der Waals surface area (Å²) < 4.78 is 5.13. The number of benzene rings is 2. The van der Waals surface area contributed by atoms with Crippen LogP contribution < -0.4 is 4.90 Å². The molecule has 0 atom stereocenters. The third kappa shape index (κ3) is 6.89. The second-order valence-corrected chi connectivity index (χ2v) is 9.04. The number of methoxy groups -OCH3 is 1. The molecule has 0 aliphatic carbocycles. The summed E-state index contributed by atoms with van der Waals surface area (Å²) >= 11 is 0. The standard InChI is InChI=1S/C27H36N2O4/c1-20-9-10-23(21(2)15-20)17-28-13-7-5-4-6-8-14-29(26(30)19-33-3)25-12-11-22(27(31)32)16-24(25)18-28/h9-12,15-16H,4-8,13-14,17-19H2,1-3H3,(H,31,32). The summed E-state index contributed by atoms with van der Waals surface area (Å²) in [5.74, 6) is -1.06. The quantitative estimate of drug-likeness (QED) is 0.695. The van der Waals surface area contributed by atoms with Crippen molar-refractivity contribution in [3.63, 3.8) is 0 Å². The van der Waals surface area contributed by atoms with Crippen molar-refractivity contribution in [1.82, 2.24) is 4.90 Å². The molecule has 6 nitrogen and oxygen atoms in total. The Balaban J connectivity index is 2.00. The van der Waals surface area contributed by atoms with Gasteiger partial charge in [0.2, 0.25) is 0 Å². The molecule has 33 heavy (non-hydrogen) atoms. The van der Waals surface area contributed by atoms with Gasteiger partial charge in [0, 0.05) is 32.4 Å². The van der Waals surface area contributed by atoms with Gasteiger partial charge in [0.1, 0.15) is 6.61 Å². The summed E-state index contributed by atoms with van der Waals surface area (Å²) in [6.45, 7) is 7.15. The Labute approximate surface area is 197 Å². The summed E-state index contributed by atoms with van der Waals surface area (Å²) in [4.78, 5) is 28.8. The smallest absolute Gasteiger partial charge is 0.335 e. The highest BCUT2D eigenvalue weighted by atomic mass is 16.5. The molecule has 6 heteroatoms. The molecule has 1 aliphatic rings. The van der Waals surface area contributed by atoms with Gasteiger partial charge in [-0.3, -0.25) is 9.69 Å². The highest BCUT2D eigenvalue weighted by molar-refractivity contribution is 5.96. The van der Waals surface area contributed by atoms with Crippen molar-refractivity contribution in [1.29, 1.82) is 0 Å². The van der Waals surface area contributed by atoms with Gasteiger partial charge in [0.25, 0.3) is 5.91 Å². The first-order valence-electron chi connectivity index (χ1n) is 11.8. The van der Waals surface area contributed by atoms with Crippen molar-refractivity contribution >= 4 is 17.6 Å². The minimum atomic E-state index is -0.959. The average molecular weight is 453 g/mol. The fourth-order valence-electron chi connectivity index (χ4n) is 4.54. The number of ether oxygens (including phenoxy) is 1. The van der Waals surface area contributed by atoms with Crippen molar-refractivity contribution in [2.45, 2.75) is 59.0 Å². The van der Waals surface area contributed by atoms with Crippen LogP contribution in [0, 0.1) is 13.8 Å². The van der Waals surface area contributed by atoms with E-state index in [1.54, 1.807) is 23.1 Å². The van der Waals surface area contributed by atoms with Gasteiger partial charge in [-0.2, -0.15) is 0 Å². The fraction of sp³-hybridized carbons (Fsp3) is 0.481. The molecule has 0 unspecified atom stereocenters. The SMILES string of the molecule is COCC(=O)N1CCCCCCCN(Cc2ccc(C)cc2C)Cc2cc(C(=O)O)ccc21. The van der Waals surface area contributed by atoms with E-state index in [0.29, 0.717) is 13.1 Å². The van der Waals surface area contributed by atoms with E-state index in [1.807, 2.05) is 0 Å². The number of aryl methyl sites for hydroxylation is 2. The fourth-order valence-corrected chi connectivity index (χ4v) is 4.54. The number of rotatable bonds is 5. The van der Waals surface area contributed by atoms with Crippen molar-refractivity contribution < 1.29 is 19.4 Å². The first-order valence-corrected chi connectivity index (χ1v) is 11.8. The van der Waals surface area contributed by atoms with E-state index >= 15 is 0 Å². The third-order valence-corrected chi connectivity index (χ3v) is 6.33. The average Bonchev–Trinajstić information content (AvgIpc) is 2.76. The van der Waals surface area contributed by atoms with Crippen LogP contribution in [-0.2, 0) is 22.6 Å². The maximum atomic E-state index is 12.9. The summed E-state index contributed by atoms with van der Waals surface area (Å²) in [7, 11) is 1.52. The largest absolute Gasteiger partial charge is 0.478 e. The van der Waals surface area contributed by atoms with Crippen LogP contribution in [0.15, 0.2) is 36.4 Å². The van der Waals surface area contributed by atoms with Crippen LogP contribution in [0.25, 0.3) is 0 Å². The molecule has 1 amide bonds. The van der Waals surface area contributed by atoms with Gasteiger partial charge in [0.15, 0.2) is 0 Å². The number of hydrogen-bond acceptors (Lipinski definition) is 4. The maximum absolute atomic E-state index is 12.9. The molecule has 0 radical (unpaired) electrons. The van der Waals surface area contributed by atoms with E-state index < -0.39 is 5.97 Å². The summed E-state index contributed by atoms with van der Waals surface area (Å²) in [5, 5.41) is 9.60. The lowest BCUT2D eigenvalue weighted by Gasteiger charge is -2.30. The van der Waals surface area contributed by atoms with Crippen molar-refractivity contribution in [2.24, 2.45) is 0 Å². The van der Waals surface area contributed by atoms with Crippen molar-refractivity contribution in [3.05, 3.63) is 64.2 Å². The molecular formula is C27H36N2O4. The lowest BCUT2D eigenvalue weighted by molar-refractivity contribution is -0.122. The Kier molecular flexibility index (Phi) is 9.03. The van der Waals surface area contributed by atoms with Crippen LogP contribution in [0.5, 0.6) is 0 Å². The Morgan fingerprint density at radius 1 is 0.970 bits per heavy atom. The minimum Gasteiger partial charge on any atom is -0.478 e. The molecule has 0 bridgehead atoms. The lowest BCUT2D eigenvalue weighted by Crippen LogP contribution is -2.36. The summed E-state index contributed by atoms with van der Waals surface area (Å²) in [5.41, 5.74) is 5.67. The number of anilines is 1. The number of aromatic carboxylic acids is 1.